The molecule has 144 valence electrons. The summed E-state index contributed by atoms with van der Waals surface area (Å²) in [5.41, 5.74) is 3.46. The largest absolute Gasteiger partial charge is 0.454 e. The molecule has 2 aliphatic rings. The van der Waals surface area contributed by atoms with Gasteiger partial charge in [-0.2, -0.15) is 0 Å². The summed E-state index contributed by atoms with van der Waals surface area (Å²) in [6.45, 7) is 6.74. The van der Waals surface area contributed by atoms with Crippen molar-refractivity contribution < 1.29 is 14.3 Å². The molecule has 5 heteroatoms. The fraction of sp³-hybridized carbons (Fsp3) is 0.348. The number of aromatic amines is 1. The van der Waals surface area contributed by atoms with Crippen LogP contribution in [0.4, 0.5) is 5.69 Å². The Kier molecular flexibility index (Phi) is 3.54. The quantitative estimate of drug-likeness (QED) is 0.686. The fourth-order valence-electron chi connectivity index (χ4n) is 4.03. The van der Waals surface area contributed by atoms with Gasteiger partial charge in [0.15, 0.2) is 11.5 Å². The topological polar surface area (TPSA) is 63.4 Å². The van der Waals surface area contributed by atoms with E-state index in [4.69, 9.17) is 9.47 Å². The molecule has 0 unspecified atom stereocenters. The summed E-state index contributed by atoms with van der Waals surface area (Å²) in [4.78, 5) is 16.6. The monoisotopic (exact) mass is 376 g/mol. The molecule has 1 amide bonds. The van der Waals surface area contributed by atoms with Crippen molar-refractivity contribution in [3.63, 3.8) is 0 Å². The van der Waals surface area contributed by atoms with Crippen molar-refractivity contribution in [3.8, 4) is 11.5 Å². The van der Waals surface area contributed by atoms with Gasteiger partial charge in [0, 0.05) is 17.4 Å². The third-order valence-electron chi connectivity index (χ3n) is 5.86. The number of fused-ring (bicyclic) bond motifs is 2. The molecule has 2 heterocycles. The Hall–Kier alpha value is -2.95. The lowest BCUT2D eigenvalue weighted by atomic mass is 9.84. The molecule has 1 aliphatic carbocycles. The van der Waals surface area contributed by atoms with Crippen LogP contribution >= 0.6 is 0 Å². The van der Waals surface area contributed by atoms with E-state index in [0.29, 0.717) is 0 Å². The van der Waals surface area contributed by atoms with Crippen LogP contribution in [0, 0.1) is 0 Å². The highest BCUT2D eigenvalue weighted by Gasteiger charge is 2.52. The second-order valence-corrected chi connectivity index (χ2v) is 8.82. The summed E-state index contributed by atoms with van der Waals surface area (Å²) >= 11 is 0. The fourth-order valence-corrected chi connectivity index (χ4v) is 4.03. The van der Waals surface area contributed by atoms with Crippen LogP contribution in [0.5, 0.6) is 11.5 Å². The van der Waals surface area contributed by atoms with Crippen molar-refractivity contribution in [2.24, 2.45) is 0 Å². The molecule has 2 aromatic carbocycles. The van der Waals surface area contributed by atoms with E-state index in [0.717, 1.165) is 52.1 Å². The zero-order chi connectivity index (χ0) is 19.5. The Morgan fingerprint density at radius 3 is 2.61 bits per heavy atom. The van der Waals surface area contributed by atoms with Crippen LogP contribution in [0.2, 0.25) is 0 Å². The number of H-pyrrole nitrogens is 1. The van der Waals surface area contributed by atoms with Gasteiger partial charge < -0.3 is 19.8 Å². The van der Waals surface area contributed by atoms with Crippen molar-refractivity contribution in [1.82, 2.24) is 4.98 Å². The van der Waals surface area contributed by atoms with E-state index in [1.165, 1.54) is 0 Å². The zero-order valence-electron chi connectivity index (χ0n) is 16.4. The molecule has 2 N–H and O–H groups in total. The van der Waals surface area contributed by atoms with Gasteiger partial charge in [0.25, 0.3) is 0 Å². The van der Waals surface area contributed by atoms with E-state index in [1.807, 2.05) is 30.5 Å². The van der Waals surface area contributed by atoms with Crippen LogP contribution < -0.4 is 14.8 Å². The van der Waals surface area contributed by atoms with Crippen LogP contribution in [0.1, 0.15) is 44.7 Å². The van der Waals surface area contributed by atoms with Gasteiger partial charge in [-0.3, -0.25) is 4.79 Å². The van der Waals surface area contributed by atoms with Crippen molar-refractivity contribution in [1.29, 1.82) is 0 Å². The van der Waals surface area contributed by atoms with Crippen LogP contribution in [0.15, 0.2) is 42.6 Å². The summed E-state index contributed by atoms with van der Waals surface area (Å²) in [7, 11) is 0. The molecule has 0 spiro atoms. The number of carbonyl (C=O) groups is 1. The Balaban J connectivity index is 1.50. The maximum atomic E-state index is 13.4. The lowest BCUT2D eigenvalue weighted by Gasteiger charge is -2.25. The maximum Gasteiger partial charge on any atom is 0.235 e. The Labute approximate surface area is 164 Å². The predicted octanol–water partition coefficient (Wildman–Crippen LogP) is 4.86. The second-order valence-electron chi connectivity index (χ2n) is 8.82. The number of benzene rings is 2. The SMILES string of the molecule is CC(C)(C)c1cc2cc[nH]c2cc1NC(=O)C1(c2ccc3c(c2)OCO3)CC1. The molecule has 3 aromatic rings. The van der Waals surface area contributed by atoms with E-state index in [-0.39, 0.29) is 18.1 Å². The highest BCUT2D eigenvalue weighted by Crippen LogP contribution is 2.51. The van der Waals surface area contributed by atoms with Gasteiger partial charge in [0.1, 0.15) is 0 Å². The molecule has 5 rings (SSSR count). The van der Waals surface area contributed by atoms with Crippen molar-refractivity contribution in [2.45, 2.75) is 44.4 Å². The highest BCUT2D eigenvalue weighted by molar-refractivity contribution is 6.03. The molecule has 0 bridgehead atoms. The minimum Gasteiger partial charge on any atom is -0.454 e. The molecular weight excluding hydrogens is 352 g/mol. The maximum absolute atomic E-state index is 13.4. The lowest BCUT2D eigenvalue weighted by Crippen LogP contribution is -2.29. The highest BCUT2D eigenvalue weighted by atomic mass is 16.7. The molecule has 0 atom stereocenters. The number of carbonyl (C=O) groups excluding carboxylic acids is 1. The van der Waals surface area contributed by atoms with Gasteiger partial charge in [0.05, 0.1) is 5.41 Å². The molecule has 1 aliphatic heterocycles. The number of hydrogen-bond acceptors (Lipinski definition) is 3. The van der Waals surface area contributed by atoms with Gasteiger partial charge >= 0.3 is 0 Å². The summed E-state index contributed by atoms with van der Waals surface area (Å²) in [6.07, 6.45) is 3.61. The van der Waals surface area contributed by atoms with E-state index >= 15 is 0 Å². The first-order chi connectivity index (χ1) is 13.4. The van der Waals surface area contributed by atoms with Gasteiger partial charge in [0.2, 0.25) is 12.7 Å². The van der Waals surface area contributed by atoms with Gasteiger partial charge in [-0.15, -0.1) is 0 Å². The van der Waals surface area contributed by atoms with Crippen LogP contribution in [-0.4, -0.2) is 17.7 Å². The average Bonchev–Trinajstić information content (AvgIpc) is 3.11. The summed E-state index contributed by atoms with van der Waals surface area (Å²) in [6, 6.07) is 12.1. The minimum atomic E-state index is -0.485. The van der Waals surface area contributed by atoms with E-state index in [2.05, 4.69) is 43.2 Å². The molecule has 1 fully saturated rings. The Morgan fingerprint density at radius 1 is 1.07 bits per heavy atom. The van der Waals surface area contributed by atoms with Crippen LogP contribution in [0.3, 0.4) is 0 Å². The second kappa shape index (κ2) is 5.77. The lowest BCUT2D eigenvalue weighted by molar-refractivity contribution is -0.118. The van der Waals surface area contributed by atoms with Gasteiger partial charge in [-0.05, 0) is 65.1 Å². The number of anilines is 1. The van der Waals surface area contributed by atoms with E-state index in [9.17, 15) is 4.79 Å². The minimum absolute atomic E-state index is 0.0442. The summed E-state index contributed by atoms with van der Waals surface area (Å²) < 4.78 is 10.9. The molecule has 1 aromatic heterocycles. The van der Waals surface area contributed by atoms with Crippen molar-refractivity contribution in [3.05, 3.63) is 53.7 Å². The van der Waals surface area contributed by atoms with E-state index in [1.54, 1.807) is 0 Å². The standard InChI is InChI=1S/C23H24N2O3/c1-22(2,3)16-10-14-6-9-24-17(14)12-18(16)25-21(26)23(7-8-23)15-4-5-19-20(11-15)28-13-27-19/h4-6,9-12,24H,7-8,13H2,1-3H3,(H,25,26). The third-order valence-corrected chi connectivity index (χ3v) is 5.86. The number of ether oxygens (including phenoxy) is 2. The van der Waals surface area contributed by atoms with E-state index < -0.39 is 5.41 Å². The van der Waals surface area contributed by atoms with Crippen LogP contribution in [-0.2, 0) is 15.6 Å². The number of nitrogens with one attached hydrogen (secondary N) is 2. The predicted molar refractivity (Wildman–Crippen MR) is 109 cm³/mol. The molecule has 5 nitrogen and oxygen atoms in total. The summed E-state index contributed by atoms with van der Waals surface area (Å²) in [5.74, 6) is 1.51. The molecule has 0 radical (unpaired) electrons. The third kappa shape index (κ3) is 2.65. The number of aromatic nitrogens is 1. The molecule has 1 saturated carbocycles. The van der Waals surface area contributed by atoms with Gasteiger partial charge in [-0.1, -0.05) is 26.8 Å². The average molecular weight is 376 g/mol. The smallest absolute Gasteiger partial charge is 0.235 e. The van der Waals surface area contributed by atoms with Crippen molar-refractivity contribution >= 4 is 22.5 Å². The first-order valence-electron chi connectivity index (χ1n) is 9.70. The normalized spacial score (nSPS) is 17.0. The van der Waals surface area contributed by atoms with Crippen molar-refractivity contribution in [2.75, 3.05) is 12.1 Å². The first-order valence-corrected chi connectivity index (χ1v) is 9.70. The number of amides is 1. The zero-order valence-corrected chi connectivity index (χ0v) is 16.4. The summed E-state index contributed by atoms with van der Waals surface area (Å²) in [5, 5.41) is 4.39. The number of hydrogen-bond donors (Lipinski definition) is 2. The molecule has 28 heavy (non-hydrogen) atoms. The van der Waals surface area contributed by atoms with Crippen LogP contribution in [0.25, 0.3) is 10.9 Å². The molecule has 0 saturated heterocycles. The molecular formula is C23H24N2O3. The first kappa shape index (κ1) is 17.2. The Bertz CT molecular complexity index is 1090. The Morgan fingerprint density at radius 2 is 1.86 bits per heavy atom. The van der Waals surface area contributed by atoms with Gasteiger partial charge in [-0.25, -0.2) is 0 Å². The number of rotatable bonds is 3.